The fourth-order valence-electron chi connectivity index (χ4n) is 2.05. The smallest absolute Gasteiger partial charge is 0.131 e. The number of halogens is 3. The minimum atomic E-state index is -0.681. The van der Waals surface area contributed by atoms with Crippen molar-refractivity contribution < 1.29 is 13.5 Å². The van der Waals surface area contributed by atoms with E-state index < -0.39 is 23.8 Å². The van der Waals surface area contributed by atoms with Crippen molar-refractivity contribution in [3.05, 3.63) is 64.7 Å². The van der Waals surface area contributed by atoms with Gasteiger partial charge in [0.05, 0.1) is 6.04 Å². The molecule has 21 heavy (non-hydrogen) atoms. The molecule has 0 heterocycles. The zero-order valence-electron chi connectivity index (χ0n) is 11.3. The van der Waals surface area contributed by atoms with E-state index in [0.29, 0.717) is 10.8 Å². The molecule has 2 unspecified atom stereocenters. The molecule has 0 spiro atoms. The summed E-state index contributed by atoms with van der Waals surface area (Å²) in [5, 5.41) is 0.532. The number of hydrogen-bond donors (Lipinski definition) is 2. The van der Waals surface area contributed by atoms with Crippen LogP contribution in [0.25, 0.3) is 0 Å². The third kappa shape index (κ3) is 3.91. The Labute approximate surface area is 126 Å². The maximum absolute atomic E-state index is 13.8. The summed E-state index contributed by atoms with van der Waals surface area (Å²) in [6.07, 6.45) is -0.492. The molecule has 0 amide bonds. The number of benzene rings is 2. The Morgan fingerprint density at radius 3 is 2.57 bits per heavy atom. The van der Waals surface area contributed by atoms with E-state index in [1.54, 1.807) is 31.2 Å². The van der Waals surface area contributed by atoms with Gasteiger partial charge in [-0.2, -0.15) is 0 Å². The van der Waals surface area contributed by atoms with Gasteiger partial charge in [0.25, 0.3) is 0 Å². The molecule has 2 aromatic carbocycles. The summed E-state index contributed by atoms with van der Waals surface area (Å²) in [6.45, 7) is 1.73. The number of nitrogens with two attached hydrogens (primary N) is 1. The average molecular weight is 313 g/mol. The molecule has 2 rings (SSSR count). The van der Waals surface area contributed by atoms with Crippen LogP contribution in [0.1, 0.15) is 18.5 Å². The van der Waals surface area contributed by atoms with Crippen LogP contribution in [0.5, 0.6) is 5.75 Å². The van der Waals surface area contributed by atoms with E-state index in [-0.39, 0.29) is 5.56 Å². The van der Waals surface area contributed by atoms with E-state index in [2.05, 4.69) is 5.43 Å². The molecule has 0 bridgehead atoms. The molecule has 112 valence electrons. The molecule has 0 aliphatic heterocycles. The number of hydrogen-bond acceptors (Lipinski definition) is 3. The van der Waals surface area contributed by atoms with Gasteiger partial charge in [0.2, 0.25) is 0 Å². The van der Waals surface area contributed by atoms with Crippen molar-refractivity contribution in [3.8, 4) is 5.75 Å². The van der Waals surface area contributed by atoms with Gasteiger partial charge in [0.15, 0.2) is 0 Å². The molecule has 6 heteroatoms. The third-order valence-electron chi connectivity index (χ3n) is 3.06. The lowest BCUT2D eigenvalue weighted by Gasteiger charge is -2.25. The van der Waals surface area contributed by atoms with Crippen LogP contribution >= 0.6 is 11.6 Å². The van der Waals surface area contributed by atoms with Crippen LogP contribution in [-0.4, -0.2) is 6.10 Å². The summed E-state index contributed by atoms with van der Waals surface area (Å²) in [5.41, 5.74) is 2.72. The van der Waals surface area contributed by atoms with Gasteiger partial charge in [-0.3, -0.25) is 5.84 Å². The first-order valence-electron chi connectivity index (χ1n) is 6.34. The molecule has 3 nitrogen and oxygen atoms in total. The van der Waals surface area contributed by atoms with Crippen molar-refractivity contribution >= 4 is 11.6 Å². The predicted octanol–water partition coefficient (Wildman–Crippen LogP) is 3.59. The van der Waals surface area contributed by atoms with Gasteiger partial charge in [-0.15, -0.1) is 0 Å². The van der Waals surface area contributed by atoms with Crippen LogP contribution in [0.4, 0.5) is 8.78 Å². The summed E-state index contributed by atoms with van der Waals surface area (Å²) < 4.78 is 32.5. The molecule has 0 aliphatic rings. The Morgan fingerprint density at radius 2 is 1.95 bits per heavy atom. The molecule has 2 atom stereocenters. The van der Waals surface area contributed by atoms with Crippen molar-refractivity contribution in [3.63, 3.8) is 0 Å². The minimum Gasteiger partial charge on any atom is -0.489 e. The number of hydrazine groups is 1. The van der Waals surface area contributed by atoms with Crippen molar-refractivity contribution in [2.24, 2.45) is 5.84 Å². The monoisotopic (exact) mass is 312 g/mol. The quantitative estimate of drug-likeness (QED) is 0.655. The van der Waals surface area contributed by atoms with Gasteiger partial charge >= 0.3 is 0 Å². The van der Waals surface area contributed by atoms with Crippen LogP contribution in [0.2, 0.25) is 5.02 Å². The fourth-order valence-corrected chi connectivity index (χ4v) is 2.24. The maximum Gasteiger partial charge on any atom is 0.131 e. The highest BCUT2D eigenvalue weighted by atomic mass is 35.5. The van der Waals surface area contributed by atoms with Crippen LogP contribution in [0.3, 0.4) is 0 Å². The van der Waals surface area contributed by atoms with E-state index >= 15 is 0 Å². The van der Waals surface area contributed by atoms with E-state index in [9.17, 15) is 8.78 Å². The van der Waals surface area contributed by atoms with Crippen LogP contribution in [0, 0.1) is 11.6 Å². The lowest BCUT2D eigenvalue weighted by molar-refractivity contribution is 0.169. The summed E-state index contributed by atoms with van der Waals surface area (Å²) in [7, 11) is 0. The van der Waals surface area contributed by atoms with Crippen LogP contribution in [-0.2, 0) is 0 Å². The summed E-state index contributed by atoms with van der Waals surface area (Å²) in [4.78, 5) is 0. The molecule has 0 saturated heterocycles. The van der Waals surface area contributed by atoms with Crippen molar-refractivity contribution in [2.75, 3.05) is 0 Å². The van der Waals surface area contributed by atoms with E-state index in [1.807, 2.05) is 0 Å². The lowest BCUT2D eigenvalue weighted by atomic mass is 10.0. The first-order valence-corrected chi connectivity index (χ1v) is 6.72. The highest BCUT2D eigenvalue weighted by Crippen LogP contribution is 2.25. The Kier molecular flexibility index (Phi) is 5.12. The van der Waals surface area contributed by atoms with E-state index in [4.69, 9.17) is 22.2 Å². The van der Waals surface area contributed by atoms with Gasteiger partial charge in [0.1, 0.15) is 23.5 Å². The normalized spacial score (nSPS) is 13.8. The molecular formula is C15H15ClF2N2O. The standard InChI is InChI=1S/C15H15ClF2N2O/c1-9(21-12-4-2-3-10(16)7-12)15(20-19)13-6-5-11(17)8-14(13)18/h2-9,15,20H,19H2,1H3. The van der Waals surface area contributed by atoms with E-state index in [1.165, 1.54) is 12.1 Å². The Morgan fingerprint density at radius 1 is 1.19 bits per heavy atom. The second kappa shape index (κ2) is 6.85. The summed E-state index contributed by atoms with van der Waals surface area (Å²) in [5.74, 6) is 4.70. The van der Waals surface area contributed by atoms with Gasteiger partial charge in [-0.05, 0) is 31.2 Å². The van der Waals surface area contributed by atoms with Crippen LogP contribution < -0.4 is 16.0 Å². The third-order valence-corrected chi connectivity index (χ3v) is 3.30. The second-order valence-corrected chi connectivity index (χ2v) is 5.03. The zero-order valence-corrected chi connectivity index (χ0v) is 12.1. The number of rotatable bonds is 5. The SMILES string of the molecule is CC(Oc1cccc(Cl)c1)C(NN)c1ccc(F)cc1F. The summed E-state index contributed by atoms with van der Waals surface area (Å²) in [6, 6.07) is 9.53. The van der Waals surface area contributed by atoms with Gasteiger partial charge < -0.3 is 4.74 Å². The van der Waals surface area contributed by atoms with Crippen molar-refractivity contribution in [2.45, 2.75) is 19.1 Å². The van der Waals surface area contributed by atoms with Crippen molar-refractivity contribution in [1.29, 1.82) is 0 Å². The molecule has 2 aromatic rings. The van der Waals surface area contributed by atoms with E-state index in [0.717, 1.165) is 6.07 Å². The molecule has 3 N–H and O–H groups in total. The van der Waals surface area contributed by atoms with Gasteiger partial charge in [0, 0.05) is 16.7 Å². The Balaban J connectivity index is 2.20. The average Bonchev–Trinajstić information content (AvgIpc) is 2.42. The van der Waals surface area contributed by atoms with Gasteiger partial charge in [-0.1, -0.05) is 23.7 Å². The molecule has 0 fully saturated rings. The molecule has 0 aliphatic carbocycles. The molecule has 0 radical (unpaired) electrons. The summed E-state index contributed by atoms with van der Waals surface area (Å²) >= 11 is 5.88. The second-order valence-electron chi connectivity index (χ2n) is 4.59. The highest BCUT2D eigenvalue weighted by molar-refractivity contribution is 6.30. The first kappa shape index (κ1) is 15.7. The Bertz CT molecular complexity index is 624. The molecular weight excluding hydrogens is 298 g/mol. The lowest BCUT2D eigenvalue weighted by Crippen LogP contribution is -2.38. The first-order chi connectivity index (χ1) is 10.0. The zero-order chi connectivity index (χ0) is 15.4. The fraction of sp³-hybridized carbons (Fsp3) is 0.200. The van der Waals surface area contributed by atoms with Crippen LogP contribution in [0.15, 0.2) is 42.5 Å². The van der Waals surface area contributed by atoms with Crippen molar-refractivity contribution in [1.82, 2.24) is 5.43 Å². The largest absolute Gasteiger partial charge is 0.489 e. The van der Waals surface area contributed by atoms with Gasteiger partial charge in [-0.25, -0.2) is 14.2 Å². The maximum atomic E-state index is 13.8. The number of ether oxygens (including phenoxy) is 1. The predicted molar refractivity (Wildman–Crippen MR) is 78.0 cm³/mol. The highest BCUT2D eigenvalue weighted by Gasteiger charge is 2.23. The molecule has 0 aromatic heterocycles. The number of nitrogens with one attached hydrogen (secondary N) is 1. The Hall–Kier alpha value is -1.69. The molecule has 0 saturated carbocycles. The topological polar surface area (TPSA) is 47.3 Å². The minimum absolute atomic E-state index is 0.230.